The molecule has 8 heteroatoms. The van der Waals surface area contributed by atoms with Crippen molar-refractivity contribution in [1.82, 2.24) is 9.88 Å². The minimum absolute atomic E-state index is 0.169. The number of amides is 4. The quantitative estimate of drug-likeness (QED) is 0.500. The number of carboxylic acid groups (broad SMARTS) is 1. The molecule has 2 heterocycles. The van der Waals surface area contributed by atoms with Crippen LogP contribution in [0, 0.1) is 6.92 Å². The van der Waals surface area contributed by atoms with Gasteiger partial charge in [-0.3, -0.25) is 14.9 Å². The number of carbonyl (C=O) groups is 4. The van der Waals surface area contributed by atoms with Gasteiger partial charge in [0.25, 0.3) is 11.8 Å². The van der Waals surface area contributed by atoms with Crippen molar-refractivity contribution in [3.05, 3.63) is 71.4 Å². The molecule has 1 saturated heterocycles. The van der Waals surface area contributed by atoms with E-state index < -0.39 is 29.9 Å². The number of carbonyl (C=O) groups excluding carboxylic acids is 3. The highest BCUT2D eigenvalue weighted by Gasteiger charge is 2.36. The molecule has 0 aliphatic carbocycles. The minimum Gasteiger partial charge on any atom is -0.480 e. The smallest absolute Gasteiger partial charge is 0.335 e. The van der Waals surface area contributed by atoms with Gasteiger partial charge in [0.15, 0.2) is 0 Å². The summed E-state index contributed by atoms with van der Waals surface area (Å²) in [4.78, 5) is 49.8. The van der Waals surface area contributed by atoms with E-state index in [1.807, 2.05) is 6.92 Å². The lowest BCUT2D eigenvalue weighted by molar-refractivity contribution is -0.140. The van der Waals surface area contributed by atoms with E-state index in [1.165, 1.54) is 6.08 Å². The highest BCUT2D eigenvalue weighted by Crippen LogP contribution is 2.25. The van der Waals surface area contributed by atoms with Crippen molar-refractivity contribution in [2.24, 2.45) is 0 Å². The molecule has 156 valence electrons. The van der Waals surface area contributed by atoms with E-state index in [9.17, 15) is 24.3 Å². The van der Waals surface area contributed by atoms with Gasteiger partial charge in [-0.15, -0.1) is 0 Å². The van der Waals surface area contributed by atoms with E-state index in [-0.39, 0.29) is 5.57 Å². The molecule has 4 amide bonds. The van der Waals surface area contributed by atoms with Crippen LogP contribution in [0.2, 0.25) is 0 Å². The third kappa shape index (κ3) is 3.59. The molecule has 3 aromatic rings. The predicted octanol–water partition coefficient (Wildman–Crippen LogP) is 3.26. The maximum atomic E-state index is 13.0. The molecule has 0 bridgehead atoms. The van der Waals surface area contributed by atoms with E-state index in [4.69, 9.17) is 0 Å². The second kappa shape index (κ2) is 7.56. The summed E-state index contributed by atoms with van der Waals surface area (Å²) < 4.78 is 1.63. The summed E-state index contributed by atoms with van der Waals surface area (Å²) in [5.74, 6) is -2.43. The van der Waals surface area contributed by atoms with Crippen LogP contribution < -0.4 is 10.2 Å². The molecule has 1 fully saturated rings. The number of imide groups is 2. The van der Waals surface area contributed by atoms with E-state index in [0.717, 1.165) is 15.8 Å². The van der Waals surface area contributed by atoms with Gasteiger partial charge < -0.3 is 9.67 Å². The Morgan fingerprint density at radius 1 is 1.06 bits per heavy atom. The van der Waals surface area contributed by atoms with Gasteiger partial charge in [0.2, 0.25) is 0 Å². The fraction of sp³-hybridized carbons (Fsp3) is 0.130. The van der Waals surface area contributed by atoms with Crippen LogP contribution >= 0.6 is 0 Å². The molecule has 1 atom stereocenters. The molecular weight excluding hydrogens is 398 g/mol. The monoisotopic (exact) mass is 417 g/mol. The topological polar surface area (TPSA) is 109 Å². The van der Waals surface area contributed by atoms with E-state index in [2.05, 4.69) is 5.32 Å². The summed E-state index contributed by atoms with van der Waals surface area (Å²) in [5, 5.41) is 12.2. The zero-order valence-electron chi connectivity index (χ0n) is 16.8. The number of anilines is 1. The average molecular weight is 417 g/mol. The lowest BCUT2D eigenvalue weighted by Crippen LogP contribution is -2.54. The van der Waals surface area contributed by atoms with Crippen molar-refractivity contribution in [1.29, 1.82) is 0 Å². The summed E-state index contributed by atoms with van der Waals surface area (Å²) in [6.07, 6.45) is 3.10. The molecule has 0 saturated carbocycles. The lowest BCUT2D eigenvalue weighted by Gasteiger charge is -2.26. The Morgan fingerprint density at radius 2 is 1.77 bits per heavy atom. The first kappa shape index (κ1) is 20.1. The normalized spacial score (nSPS) is 16.6. The molecule has 1 aromatic heterocycles. The van der Waals surface area contributed by atoms with Gasteiger partial charge in [0.1, 0.15) is 11.6 Å². The van der Waals surface area contributed by atoms with Crippen molar-refractivity contribution >= 4 is 46.5 Å². The molecule has 0 unspecified atom stereocenters. The number of hydrogen-bond acceptors (Lipinski definition) is 4. The third-order valence-electron chi connectivity index (χ3n) is 5.22. The van der Waals surface area contributed by atoms with Gasteiger partial charge in [-0.2, -0.15) is 0 Å². The molecule has 31 heavy (non-hydrogen) atoms. The van der Waals surface area contributed by atoms with Crippen LogP contribution in [0.3, 0.4) is 0 Å². The van der Waals surface area contributed by atoms with Crippen LogP contribution in [0.25, 0.3) is 17.0 Å². The van der Waals surface area contributed by atoms with E-state index >= 15 is 0 Å². The molecular formula is C23H19N3O5. The molecule has 1 aliphatic heterocycles. The van der Waals surface area contributed by atoms with Crippen molar-refractivity contribution in [3.8, 4) is 0 Å². The van der Waals surface area contributed by atoms with Gasteiger partial charge in [-0.05, 0) is 55.8 Å². The highest BCUT2D eigenvalue weighted by molar-refractivity contribution is 6.39. The number of carboxylic acids is 1. The molecule has 0 radical (unpaired) electrons. The summed E-state index contributed by atoms with van der Waals surface area (Å²) in [7, 11) is 0. The number of barbiturate groups is 1. The number of rotatable bonds is 4. The summed E-state index contributed by atoms with van der Waals surface area (Å²) in [5.41, 5.74) is 2.45. The molecule has 0 spiro atoms. The first-order valence-electron chi connectivity index (χ1n) is 9.58. The van der Waals surface area contributed by atoms with Gasteiger partial charge in [0.05, 0.1) is 5.69 Å². The molecule has 2 N–H and O–H groups in total. The average Bonchev–Trinajstić information content (AvgIpc) is 3.15. The zero-order valence-corrected chi connectivity index (χ0v) is 16.8. The lowest BCUT2D eigenvalue weighted by atomic mass is 10.1. The van der Waals surface area contributed by atoms with Crippen LogP contribution in [-0.2, 0) is 14.4 Å². The fourth-order valence-corrected chi connectivity index (χ4v) is 3.48. The van der Waals surface area contributed by atoms with Crippen molar-refractivity contribution in [2.75, 3.05) is 4.90 Å². The Morgan fingerprint density at radius 3 is 2.45 bits per heavy atom. The Balaban J connectivity index is 1.71. The molecule has 2 aromatic carbocycles. The van der Waals surface area contributed by atoms with Crippen LogP contribution in [0.5, 0.6) is 0 Å². The van der Waals surface area contributed by atoms with E-state index in [0.29, 0.717) is 16.8 Å². The largest absolute Gasteiger partial charge is 0.480 e. The first-order valence-corrected chi connectivity index (χ1v) is 9.58. The minimum atomic E-state index is -0.950. The number of urea groups is 1. The summed E-state index contributed by atoms with van der Waals surface area (Å²) >= 11 is 0. The Hall–Kier alpha value is -4.20. The number of hydrogen-bond donors (Lipinski definition) is 2. The maximum absolute atomic E-state index is 13.0. The third-order valence-corrected chi connectivity index (χ3v) is 5.22. The van der Waals surface area contributed by atoms with Gasteiger partial charge >= 0.3 is 12.0 Å². The van der Waals surface area contributed by atoms with Crippen LogP contribution in [0.4, 0.5) is 10.5 Å². The van der Waals surface area contributed by atoms with Crippen LogP contribution in [0.1, 0.15) is 24.1 Å². The zero-order chi connectivity index (χ0) is 22.3. The van der Waals surface area contributed by atoms with Crippen molar-refractivity contribution < 1.29 is 24.3 Å². The van der Waals surface area contributed by atoms with Crippen molar-refractivity contribution in [2.45, 2.75) is 19.9 Å². The standard InChI is InChI=1S/C23H19N3O5/c1-13-3-6-17(7-4-13)26-21(28)18(20(27)24-23(26)31)12-15-5-8-19-16(11-15)9-10-25(19)14(2)22(29)30/h3-12,14H,1-2H3,(H,29,30)(H,24,27,31)/b18-12+/t14-/m0/s1. The molecule has 8 nitrogen and oxygen atoms in total. The van der Waals surface area contributed by atoms with Gasteiger partial charge in [0, 0.05) is 17.1 Å². The maximum Gasteiger partial charge on any atom is 0.335 e. The Bertz CT molecular complexity index is 1270. The fourth-order valence-electron chi connectivity index (χ4n) is 3.48. The van der Waals surface area contributed by atoms with Crippen LogP contribution in [-0.4, -0.2) is 33.5 Å². The molecule has 4 rings (SSSR count). The first-order chi connectivity index (χ1) is 14.8. The molecule has 1 aliphatic rings. The Labute approximate surface area is 177 Å². The summed E-state index contributed by atoms with van der Waals surface area (Å²) in [6.45, 7) is 3.47. The Kier molecular flexibility index (Phi) is 4.90. The highest BCUT2D eigenvalue weighted by atomic mass is 16.4. The number of aryl methyl sites for hydroxylation is 1. The number of nitrogens with zero attached hydrogens (tertiary/aromatic N) is 2. The van der Waals surface area contributed by atoms with E-state index in [1.54, 1.807) is 66.2 Å². The second-order valence-corrected chi connectivity index (χ2v) is 7.35. The van der Waals surface area contributed by atoms with Crippen molar-refractivity contribution in [3.63, 3.8) is 0 Å². The number of aliphatic carboxylic acids is 1. The number of benzene rings is 2. The number of nitrogens with one attached hydrogen (secondary N) is 1. The predicted molar refractivity (Wildman–Crippen MR) is 114 cm³/mol. The van der Waals surface area contributed by atoms with Crippen LogP contribution in [0.15, 0.2) is 60.3 Å². The second-order valence-electron chi connectivity index (χ2n) is 7.35. The van der Waals surface area contributed by atoms with Gasteiger partial charge in [-0.1, -0.05) is 23.8 Å². The van der Waals surface area contributed by atoms with Gasteiger partial charge in [-0.25, -0.2) is 14.5 Å². The SMILES string of the molecule is Cc1ccc(N2C(=O)NC(=O)/C(=C\c3ccc4c(ccn4[C@@H](C)C(=O)O)c3)C2=O)cc1. The summed E-state index contributed by atoms with van der Waals surface area (Å²) in [6, 6.07) is 12.2. The number of fused-ring (bicyclic) bond motifs is 1. The number of aromatic nitrogens is 1.